The molecule has 0 aliphatic rings. The Kier molecular flexibility index (Phi) is 1.85. The standard InChI is InChI=1S/C7H9NO2/c1-5(2)7-8-6(3-9)4-10-7/h3-5H,1-2H3. The van der Waals surface area contributed by atoms with E-state index in [0.717, 1.165) is 0 Å². The fraction of sp³-hybridized carbons (Fsp3) is 0.429. The minimum atomic E-state index is 0.244. The van der Waals surface area contributed by atoms with Crippen LogP contribution in [0.15, 0.2) is 10.7 Å². The summed E-state index contributed by atoms with van der Waals surface area (Å²) >= 11 is 0. The van der Waals surface area contributed by atoms with Gasteiger partial charge in [-0.25, -0.2) is 4.98 Å². The van der Waals surface area contributed by atoms with Gasteiger partial charge in [-0.15, -0.1) is 0 Å². The van der Waals surface area contributed by atoms with Gasteiger partial charge in [-0.2, -0.15) is 0 Å². The minimum absolute atomic E-state index is 0.244. The third kappa shape index (κ3) is 1.23. The molecule has 0 aromatic carbocycles. The average molecular weight is 139 g/mol. The molecule has 0 saturated carbocycles. The van der Waals surface area contributed by atoms with Crippen molar-refractivity contribution in [3.63, 3.8) is 0 Å². The van der Waals surface area contributed by atoms with Crippen molar-refractivity contribution in [3.05, 3.63) is 17.8 Å². The first kappa shape index (κ1) is 6.99. The quantitative estimate of drug-likeness (QED) is 0.584. The van der Waals surface area contributed by atoms with Gasteiger partial charge in [-0.1, -0.05) is 13.8 Å². The first-order valence-corrected chi connectivity index (χ1v) is 3.14. The highest BCUT2D eigenvalue weighted by atomic mass is 16.3. The summed E-state index contributed by atoms with van der Waals surface area (Å²) in [6.45, 7) is 3.92. The van der Waals surface area contributed by atoms with Crippen molar-refractivity contribution in [2.45, 2.75) is 19.8 Å². The van der Waals surface area contributed by atoms with Crippen molar-refractivity contribution in [2.75, 3.05) is 0 Å². The Bertz CT molecular complexity index is 227. The molecule has 3 nitrogen and oxygen atoms in total. The van der Waals surface area contributed by atoms with Gasteiger partial charge in [0.1, 0.15) is 12.0 Å². The van der Waals surface area contributed by atoms with Crippen molar-refractivity contribution in [2.24, 2.45) is 0 Å². The first-order valence-electron chi connectivity index (χ1n) is 3.14. The summed E-state index contributed by atoms with van der Waals surface area (Å²) in [5.41, 5.74) is 0.365. The van der Waals surface area contributed by atoms with Crippen molar-refractivity contribution in [1.29, 1.82) is 0 Å². The molecule has 0 amide bonds. The zero-order chi connectivity index (χ0) is 7.56. The number of rotatable bonds is 2. The Balaban J connectivity index is 2.88. The van der Waals surface area contributed by atoms with Gasteiger partial charge in [0.25, 0.3) is 0 Å². The summed E-state index contributed by atoms with van der Waals surface area (Å²) in [6.07, 6.45) is 2.04. The summed E-state index contributed by atoms with van der Waals surface area (Å²) < 4.78 is 4.97. The van der Waals surface area contributed by atoms with Crippen molar-refractivity contribution < 1.29 is 9.21 Å². The Morgan fingerprint density at radius 2 is 2.40 bits per heavy atom. The van der Waals surface area contributed by atoms with E-state index >= 15 is 0 Å². The largest absolute Gasteiger partial charge is 0.448 e. The normalized spacial score (nSPS) is 10.3. The number of carbonyl (C=O) groups is 1. The number of nitrogens with zero attached hydrogens (tertiary/aromatic N) is 1. The van der Waals surface area contributed by atoms with Crippen LogP contribution in [0.5, 0.6) is 0 Å². The van der Waals surface area contributed by atoms with E-state index in [1.807, 2.05) is 13.8 Å². The van der Waals surface area contributed by atoms with Crippen LogP contribution in [0, 0.1) is 0 Å². The van der Waals surface area contributed by atoms with Crippen LogP contribution in [0.4, 0.5) is 0 Å². The molecular formula is C7H9NO2. The fourth-order valence-corrected chi connectivity index (χ4v) is 0.620. The van der Waals surface area contributed by atoms with E-state index in [2.05, 4.69) is 4.98 Å². The van der Waals surface area contributed by atoms with Gasteiger partial charge in [0, 0.05) is 5.92 Å². The Hall–Kier alpha value is -1.12. The highest BCUT2D eigenvalue weighted by Gasteiger charge is 2.05. The van der Waals surface area contributed by atoms with Crippen molar-refractivity contribution >= 4 is 6.29 Å². The smallest absolute Gasteiger partial charge is 0.197 e. The van der Waals surface area contributed by atoms with Crippen LogP contribution < -0.4 is 0 Å². The molecule has 1 aromatic rings. The maximum Gasteiger partial charge on any atom is 0.197 e. The van der Waals surface area contributed by atoms with Gasteiger partial charge in [-0.05, 0) is 0 Å². The molecular weight excluding hydrogens is 130 g/mol. The molecule has 0 radical (unpaired) electrons. The molecule has 0 unspecified atom stereocenters. The van der Waals surface area contributed by atoms with Gasteiger partial charge >= 0.3 is 0 Å². The number of hydrogen-bond donors (Lipinski definition) is 0. The Morgan fingerprint density at radius 3 is 2.70 bits per heavy atom. The molecule has 0 saturated heterocycles. The van der Waals surface area contributed by atoms with E-state index in [0.29, 0.717) is 17.9 Å². The van der Waals surface area contributed by atoms with Gasteiger partial charge in [0.2, 0.25) is 0 Å². The maximum absolute atomic E-state index is 10.1. The summed E-state index contributed by atoms with van der Waals surface area (Å²) in [7, 11) is 0. The van der Waals surface area contributed by atoms with E-state index in [4.69, 9.17) is 4.42 Å². The predicted molar refractivity (Wildman–Crippen MR) is 36.0 cm³/mol. The predicted octanol–water partition coefficient (Wildman–Crippen LogP) is 1.61. The first-order chi connectivity index (χ1) is 4.74. The summed E-state index contributed by atoms with van der Waals surface area (Å²) in [5.74, 6) is 0.857. The minimum Gasteiger partial charge on any atom is -0.448 e. The maximum atomic E-state index is 10.1. The van der Waals surface area contributed by atoms with Gasteiger partial charge in [0.15, 0.2) is 12.2 Å². The van der Waals surface area contributed by atoms with Crippen LogP contribution in [0.25, 0.3) is 0 Å². The molecule has 10 heavy (non-hydrogen) atoms. The zero-order valence-electron chi connectivity index (χ0n) is 6.00. The van der Waals surface area contributed by atoms with Crippen LogP contribution in [-0.4, -0.2) is 11.3 Å². The molecule has 3 heteroatoms. The van der Waals surface area contributed by atoms with E-state index in [1.165, 1.54) is 6.26 Å². The second kappa shape index (κ2) is 2.64. The summed E-state index contributed by atoms with van der Waals surface area (Å²) in [6, 6.07) is 0. The fourth-order valence-electron chi connectivity index (χ4n) is 0.620. The van der Waals surface area contributed by atoms with E-state index in [1.54, 1.807) is 0 Å². The highest BCUT2D eigenvalue weighted by Crippen LogP contribution is 2.11. The second-order valence-electron chi connectivity index (χ2n) is 2.38. The number of aromatic nitrogens is 1. The third-order valence-corrected chi connectivity index (χ3v) is 1.15. The molecule has 0 spiro atoms. The molecule has 1 heterocycles. The van der Waals surface area contributed by atoms with Crippen LogP contribution in [0.2, 0.25) is 0 Å². The topological polar surface area (TPSA) is 43.1 Å². The van der Waals surface area contributed by atoms with Crippen LogP contribution >= 0.6 is 0 Å². The number of carbonyl (C=O) groups excluding carboxylic acids is 1. The third-order valence-electron chi connectivity index (χ3n) is 1.15. The molecule has 1 aromatic heterocycles. The van der Waals surface area contributed by atoms with E-state index in [-0.39, 0.29) is 5.92 Å². The Morgan fingerprint density at radius 1 is 1.70 bits per heavy atom. The molecule has 1 rings (SSSR count). The Labute approximate surface area is 59.1 Å². The van der Waals surface area contributed by atoms with Crippen LogP contribution in [0.3, 0.4) is 0 Å². The number of hydrogen-bond acceptors (Lipinski definition) is 3. The number of aldehydes is 1. The molecule has 0 aliphatic heterocycles. The number of oxazole rings is 1. The molecule has 0 bridgehead atoms. The van der Waals surface area contributed by atoms with Crippen molar-refractivity contribution in [1.82, 2.24) is 4.98 Å². The van der Waals surface area contributed by atoms with Gasteiger partial charge in [-0.3, -0.25) is 4.79 Å². The highest BCUT2D eigenvalue weighted by molar-refractivity contribution is 5.70. The summed E-state index contributed by atoms with van der Waals surface area (Å²) in [4.78, 5) is 14.0. The SMILES string of the molecule is CC(C)c1nc(C=O)co1. The lowest BCUT2D eigenvalue weighted by Crippen LogP contribution is -1.87. The zero-order valence-corrected chi connectivity index (χ0v) is 6.00. The molecule has 54 valence electrons. The lowest BCUT2D eigenvalue weighted by molar-refractivity contribution is 0.111. The molecule has 0 N–H and O–H groups in total. The monoisotopic (exact) mass is 139 g/mol. The summed E-state index contributed by atoms with van der Waals surface area (Å²) in [5, 5.41) is 0. The van der Waals surface area contributed by atoms with Crippen LogP contribution in [-0.2, 0) is 0 Å². The average Bonchev–Trinajstić information content (AvgIpc) is 2.34. The lowest BCUT2D eigenvalue weighted by Gasteiger charge is -1.93. The second-order valence-corrected chi connectivity index (χ2v) is 2.38. The van der Waals surface area contributed by atoms with E-state index < -0.39 is 0 Å². The molecule has 0 atom stereocenters. The van der Waals surface area contributed by atoms with Crippen LogP contribution in [0.1, 0.15) is 36.1 Å². The van der Waals surface area contributed by atoms with Gasteiger partial charge < -0.3 is 4.42 Å². The molecule has 0 aliphatic carbocycles. The van der Waals surface area contributed by atoms with Gasteiger partial charge in [0.05, 0.1) is 0 Å². The molecule has 0 fully saturated rings. The van der Waals surface area contributed by atoms with Crippen molar-refractivity contribution in [3.8, 4) is 0 Å². The van der Waals surface area contributed by atoms with E-state index in [9.17, 15) is 4.79 Å². The lowest BCUT2D eigenvalue weighted by atomic mass is 10.2.